The van der Waals surface area contributed by atoms with Gasteiger partial charge < -0.3 is 28.4 Å². The van der Waals surface area contributed by atoms with Crippen LogP contribution in [0.2, 0.25) is 0 Å². The molecule has 4 heterocycles. The van der Waals surface area contributed by atoms with Crippen LogP contribution in [0.15, 0.2) is 49.1 Å². The largest absolute Gasteiger partial charge is 0.473 e. The van der Waals surface area contributed by atoms with Crippen LogP contribution in [0.3, 0.4) is 0 Å². The summed E-state index contributed by atoms with van der Waals surface area (Å²) >= 11 is 2.21. The van der Waals surface area contributed by atoms with Crippen LogP contribution in [-0.4, -0.2) is 93.5 Å². The van der Waals surface area contributed by atoms with Crippen molar-refractivity contribution in [3.05, 3.63) is 49.1 Å². The van der Waals surface area contributed by atoms with Gasteiger partial charge >= 0.3 is 0 Å². The Bertz CT molecular complexity index is 1080. The molecule has 0 aliphatic rings. The Hall–Kier alpha value is -3.14. The molecule has 0 N–H and O–H groups in total. The summed E-state index contributed by atoms with van der Waals surface area (Å²) in [5, 5.41) is 0. The van der Waals surface area contributed by atoms with Crippen LogP contribution in [-0.2, 0) is 18.9 Å². The SMILES string of the molecule is c1cncc(-c2nsnc2OCCOCCOCCOCCOCCOc2nsnc2-c2cccnc2)c1. The van der Waals surface area contributed by atoms with Crippen LogP contribution in [0.5, 0.6) is 11.8 Å². The van der Waals surface area contributed by atoms with Crippen molar-refractivity contribution in [1.82, 2.24) is 27.5 Å². The quantitative estimate of drug-likeness (QED) is 0.156. The second kappa shape index (κ2) is 16.7. The normalized spacial score (nSPS) is 11.1. The van der Waals surface area contributed by atoms with E-state index in [2.05, 4.69) is 27.5 Å². The molecular formula is C24H28N6O6S2. The van der Waals surface area contributed by atoms with Gasteiger partial charge in [0.05, 0.1) is 76.3 Å². The zero-order chi connectivity index (χ0) is 26.1. The molecule has 14 heteroatoms. The highest BCUT2D eigenvalue weighted by molar-refractivity contribution is 6.99. The molecule has 4 aromatic rings. The molecule has 202 valence electrons. The summed E-state index contributed by atoms with van der Waals surface area (Å²) < 4.78 is 50.3. The Balaban J connectivity index is 0.926. The van der Waals surface area contributed by atoms with Gasteiger partial charge in [0.25, 0.3) is 11.8 Å². The van der Waals surface area contributed by atoms with Gasteiger partial charge in [-0.2, -0.15) is 8.75 Å². The highest BCUT2D eigenvalue weighted by Crippen LogP contribution is 2.27. The summed E-state index contributed by atoms with van der Waals surface area (Å²) in [6, 6.07) is 7.53. The first-order chi connectivity index (χ1) is 18.9. The van der Waals surface area contributed by atoms with Gasteiger partial charge in [0.15, 0.2) is 0 Å². The van der Waals surface area contributed by atoms with Gasteiger partial charge in [-0.3, -0.25) is 9.97 Å². The maximum atomic E-state index is 5.68. The van der Waals surface area contributed by atoms with E-state index in [1.807, 2.05) is 24.3 Å². The molecule has 0 aromatic carbocycles. The first kappa shape index (κ1) is 27.9. The van der Waals surface area contributed by atoms with Crippen molar-refractivity contribution in [2.45, 2.75) is 0 Å². The summed E-state index contributed by atoms with van der Waals surface area (Å²) in [6.07, 6.45) is 6.88. The highest BCUT2D eigenvalue weighted by atomic mass is 32.1. The van der Waals surface area contributed by atoms with Crippen LogP contribution in [0, 0.1) is 0 Å². The zero-order valence-corrected chi connectivity index (χ0v) is 22.3. The second-order valence-electron chi connectivity index (χ2n) is 7.47. The number of aromatic nitrogens is 6. The first-order valence-electron chi connectivity index (χ1n) is 11.9. The van der Waals surface area contributed by atoms with E-state index in [1.165, 1.54) is 0 Å². The number of pyridine rings is 2. The molecule has 0 saturated carbocycles. The topological polar surface area (TPSA) is 133 Å². The van der Waals surface area contributed by atoms with Crippen molar-refractivity contribution in [2.75, 3.05) is 66.1 Å². The van der Waals surface area contributed by atoms with Crippen molar-refractivity contribution >= 4 is 23.5 Å². The second-order valence-corrected chi connectivity index (χ2v) is 8.52. The van der Waals surface area contributed by atoms with Gasteiger partial charge in [-0.1, -0.05) is 0 Å². The molecule has 0 spiro atoms. The molecule has 0 aliphatic carbocycles. The number of rotatable bonds is 19. The predicted octanol–water partition coefficient (Wildman–Crippen LogP) is 3.04. The van der Waals surface area contributed by atoms with Crippen molar-refractivity contribution < 1.29 is 28.4 Å². The molecule has 0 saturated heterocycles. The van der Waals surface area contributed by atoms with Crippen LogP contribution >= 0.6 is 23.5 Å². The highest BCUT2D eigenvalue weighted by Gasteiger charge is 2.12. The Morgan fingerprint density at radius 2 is 0.895 bits per heavy atom. The molecule has 4 aromatic heterocycles. The number of ether oxygens (including phenoxy) is 6. The Morgan fingerprint density at radius 3 is 1.26 bits per heavy atom. The third-order valence-electron chi connectivity index (χ3n) is 4.84. The smallest absolute Gasteiger partial charge is 0.254 e. The maximum absolute atomic E-state index is 5.68. The number of hydrogen-bond acceptors (Lipinski definition) is 14. The van der Waals surface area contributed by atoms with Crippen LogP contribution in [0.4, 0.5) is 0 Å². The van der Waals surface area contributed by atoms with Gasteiger partial charge in [-0.15, -0.1) is 8.75 Å². The fraction of sp³-hybridized carbons (Fsp3) is 0.417. The van der Waals surface area contributed by atoms with Crippen molar-refractivity contribution in [1.29, 1.82) is 0 Å². The minimum Gasteiger partial charge on any atom is -0.473 e. The minimum absolute atomic E-state index is 0.374. The minimum atomic E-state index is 0.374. The summed E-state index contributed by atoms with van der Waals surface area (Å²) in [5.41, 5.74) is 3.12. The van der Waals surface area contributed by atoms with E-state index in [4.69, 9.17) is 28.4 Å². The van der Waals surface area contributed by atoms with E-state index in [9.17, 15) is 0 Å². The summed E-state index contributed by atoms with van der Waals surface area (Å²) in [6.45, 7) is 4.45. The van der Waals surface area contributed by atoms with Gasteiger partial charge in [0, 0.05) is 35.9 Å². The Kier molecular flexibility index (Phi) is 12.2. The number of hydrogen-bond donors (Lipinski definition) is 0. The number of nitrogens with zero attached hydrogens (tertiary/aromatic N) is 6. The lowest BCUT2D eigenvalue weighted by Gasteiger charge is -2.08. The van der Waals surface area contributed by atoms with E-state index in [0.29, 0.717) is 89.2 Å². The zero-order valence-electron chi connectivity index (χ0n) is 20.6. The molecule has 0 atom stereocenters. The van der Waals surface area contributed by atoms with Crippen LogP contribution in [0.1, 0.15) is 0 Å². The first-order valence-corrected chi connectivity index (χ1v) is 13.4. The molecule has 0 radical (unpaired) electrons. The fourth-order valence-electron chi connectivity index (χ4n) is 3.06. The van der Waals surface area contributed by atoms with E-state index >= 15 is 0 Å². The van der Waals surface area contributed by atoms with E-state index in [1.54, 1.807) is 24.8 Å². The average Bonchev–Trinajstić information content (AvgIpc) is 3.63. The molecule has 12 nitrogen and oxygen atoms in total. The van der Waals surface area contributed by atoms with Crippen molar-refractivity contribution in [2.24, 2.45) is 0 Å². The average molecular weight is 561 g/mol. The summed E-state index contributed by atoms with van der Waals surface area (Å²) in [7, 11) is 0. The van der Waals surface area contributed by atoms with E-state index in [-0.39, 0.29) is 0 Å². The van der Waals surface area contributed by atoms with Gasteiger partial charge in [0.1, 0.15) is 24.6 Å². The van der Waals surface area contributed by atoms with Gasteiger partial charge in [-0.25, -0.2) is 0 Å². The standard InChI is InChI=1S/C24H28N6O6S2/c1-3-19(17-25-5-1)21-23(29-37-27-21)35-15-13-33-11-9-31-7-8-32-10-12-34-14-16-36-24-22(28-38-30-24)20-4-2-6-26-18-20/h1-6,17-18H,7-16H2. The third-order valence-corrected chi connectivity index (χ3v) is 5.86. The lowest BCUT2D eigenvalue weighted by Crippen LogP contribution is -2.15. The molecule has 0 amide bonds. The predicted molar refractivity (Wildman–Crippen MR) is 141 cm³/mol. The van der Waals surface area contributed by atoms with Crippen LogP contribution < -0.4 is 9.47 Å². The van der Waals surface area contributed by atoms with Crippen molar-refractivity contribution in [3.63, 3.8) is 0 Å². The fourth-order valence-corrected chi connectivity index (χ4v) is 4.10. The van der Waals surface area contributed by atoms with E-state index in [0.717, 1.165) is 34.6 Å². The van der Waals surface area contributed by atoms with Crippen LogP contribution in [0.25, 0.3) is 22.5 Å². The molecule has 4 rings (SSSR count). The third kappa shape index (κ3) is 9.31. The Morgan fingerprint density at radius 1 is 0.500 bits per heavy atom. The molecule has 0 unspecified atom stereocenters. The van der Waals surface area contributed by atoms with Gasteiger partial charge in [0.2, 0.25) is 0 Å². The van der Waals surface area contributed by atoms with E-state index < -0.39 is 0 Å². The molecule has 0 bridgehead atoms. The molecular weight excluding hydrogens is 532 g/mol. The van der Waals surface area contributed by atoms with Crippen molar-refractivity contribution in [3.8, 4) is 34.3 Å². The monoisotopic (exact) mass is 560 g/mol. The Labute approximate surface area is 228 Å². The molecule has 0 aliphatic heterocycles. The summed E-state index contributed by atoms with van der Waals surface area (Å²) in [5.74, 6) is 0.978. The lowest BCUT2D eigenvalue weighted by atomic mass is 10.2. The van der Waals surface area contributed by atoms with Gasteiger partial charge in [-0.05, 0) is 24.3 Å². The summed E-state index contributed by atoms with van der Waals surface area (Å²) in [4.78, 5) is 8.19. The molecule has 38 heavy (non-hydrogen) atoms. The lowest BCUT2D eigenvalue weighted by molar-refractivity contribution is -0.00713. The molecule has 0 fully saturated rings. The maximum Gasteiger partial charge on any atom is 0.254 e.